The van der Waals surface area contributed by atoms with Crippen LogP contribution in [-0.2, 0) is 0 Å². The maximum atomic E-state index is 10.7. The predicted octanol–water partition coefficient (Wildman–Crippen LogP) is 0.941. The molecule has 1 saturated carbocycles. The van der Waals surface area contributed by atoms with Gasteiger partial charge in [0.15, 0.2) is 0 Å². The summed E-state index contributed by atoms with van der Waals surface area (Å²) in [5.41, 5.74) is 5.63. The molecule has 1 aliphatic carbocycles. The van der Waals surface area contributed by atoms with Crippen LogP contribution in [0.25, 0.3) is 0 Å². The molecule has 3 nitrogen and oxygen atoms in total. The predicted molar refractivity (Wildman–Crippen MR) is 42.1 cm³/mol. The van der Waals surface area contributed by atoms with Gasteiger partial charge in [0.1, 0.15) is 0 Å². The number of carbonyl (C=O) groups is 1. The number of rotatable bonds is 0. The van der Waals surface area contributed by atoms with Gasteiger partial charge in [-0.2, -0.15) is 0 Å². The van der Waals surface area contributed by atoms with Crippen molar-refractivity contribution in [2.45, 2.75) is 25.7 Å². The van der Waals surface area contributed by atoms with E-state index >= 15 is 0 Å². The molecule has 0 unspecified atom stereocenters. The lowest BCUT2D eigenvalue weighted by atomic mass is 9.78. The molecular weight excluding hydrogens is 140 g/mol. The van der Waals surface area contributed by atoms with Crippen LogP contribution in [0, 0.1) is 5.41 Å². The Balaban J connectivity index is 1.91. The number of primary amides is 1. The highest BCUT2D eigenvalue weighted by Crippen LogP contribution is 2.45. The fourth-order valence-corrected chi connectivity index (χ4v) is 2.36. The van der Waals surface area contributed by atoms with Gasteiger partial charge >= 0.3 is 6.03 Å². The lowest BCUT2D eigenvalue weighted by molar-refractivity contribution is 0.0410. The number of urea groups is 1. The summed E-state index contributed by atoms with van der Waals surface area (Å²) in [6.45, 7) is 1.84. The summed E-state index contributed by atoms with van der Waals surface area (Å²) < 4.78 is 0. The summed E-state index contributed by atoms with van der Waals surface area (Å²) in [6.07, 6.45) is 5.28. The van der Waals surface area contributed by atoms with Gasteiger partial charge in [-0.3, -0.25) is 0 Å². The molecule has 0 atom stereocenters. The first-order valence-electron chi connectivity index (χ1n) is 4.26. The van der Waals surface area contributed by atoms with E-state index in [1.165, 1.54) is 25.7 Å². The van der Waals surface area contributed by atoms with Crippen molar-refractivity contribution in [3.05, 3.63) is 0 Å². The Morgan fingerprint density at radius 1 is 1.27 bits per heavy atom. The molecule has 2 aliphatic rings. The second kappa shape index (κ2) is 2.13. The van der Waals surface area contributed by atoms with E-state index < -0.39 is 0 Å². The molecule has 0 bridgehead atoms. The first kappa shape index (κ1) is 6.95. The lowest BCUT2D eigenvalue weighted by Crippen LogP contribution is -2.58. The van der Waals surface area contributed by atoms with Gasteiger partial charge in [0, 0.05) is 18.5 Å². The molecule has 11 heavy (non-hydrogen) atoms. The third kappa shape index (κ3) is 0.988. The highest BCUT2D eigenvalue weighted by Gasteiger charge is 2.45. The van der Waals surface area contributed by atoms with Gasteiger partial charge in [0.2, 0.25) is 0 Å². The molecule has 0 aromatic heterocycles. The minimum absolute atomic E-state index is 0.248. The Kier molecular flexibility index (Phi) is 1.34. The highest BCUT2D eigenvalue weighted by molar-refractivity contribution is 5.73. The van der Waals surface area contributed by atoms with Crippen molar-refractivity contribution in [3.8, 4) is 0 Å². The zero-order valence-corrected chi connectivity index (χ0v) is 6.68. The van der Waals surface area contributed by atoms with E-state index in [0.29, 0.717) is 5.41 Å². The molecule has 1 heterocycles. The number of carbonyl (C=O) groups excluding carboxylic acids is 1. The Morgan fingerprint density at radius 2 is 1.82 bits per heavy atom. The van der Waals surface area contributed by atoms with Gasteiger partial charge in [-0.15, -0.1) is 0 Å². The molecule has 62 valence electrons. The number of hydrogen-bond acceptors (Lipinski definition) is 1. The first-order chi connectivity index (χ1) is 5.22. The van der Waals surface area contributed by atoms with Crippen LogP contribution in [0.3, 0.4) is 0 Å². The van der Waals surface area contributed by atoms with Gasteiger partial charge in [-0.05, 0) is 12.8 Å². The van der Waals surface area contributed by atoms with Crippen molar-refractivity contribution < 1.29 is 4.79 Å². The first-order valence-corrected chi connectivity index (χ1v) is 4.26. The maximum absolute atomic E-state index is 10.7. The molecule has 0 radical (unpaired) electrons. The second-order valence-corrected chi connectivity index (χ2v) is 3.90. The van der Waals surface area contributed by atoms with Crippen molar-refractivity contribution in [3.63, 3.8) is 0 Å². The summed E-state index contributed by atoms with van der Waals surface area (Å²) in [4.78, 5) is 12.4. The van der Waals surface area contributed by atoms with E-state index in [1.807, 2.05) is 0 Å². The van der Waals surface area contributed by atoms with Crippen LogP contribution < -0.4 is 5.73 Å². The average Bonchev–Trinajstić information content (AvgIpc) is 2.29. The monoisotopic (exact) mass is 154 g/mol. The molecule has 2 fully saturated rings. The quantitative estimate of drug-likeness (QED) is 0.554. The average molecular weight is 154 g/mol. The minimum Gasteiger partial charge on any atom is -0.351 e. The second-order valence-electron chi connectivity index (χ2n) is 3.90. The van der Waals surface area contributed by atoms with E-state index in [2.05, 4.69) is 0 Å². The zero-order valence-electron chi connectivity index (χ0n) is 6.68. The lowest BCUT2D eigenvalue weighted by Gasteiger charge is -2.47. The van der Waals surface area contributed by atoms with Gasteiger partial charge in [-0.1, -0.05) is 12.8 Å². The van der Waals surface area contributed by atoms with Crippen LogP contribution in [0.4, 0.5) is 4.79 Å². The van der Waals surface area contributed by atoms with E-state index in [1.54, 1.807) is 4.90 Å². The van der Waals surface area contributed by atoms with Gasteiger partial charge in [0.25, 0.3) is 0 Å². The van der Waals surface area contributed by atoms with Crippen LogP contribution in [0.15, 0.2) is 0 Å². The summed E-state index contributed by atoms with van der Waals surface area (Å²) >= 11 is 0. The van der Waals surface area contributed by atoms with Crippen LogP contribution in [-0.4, -0.2) is 24.0 Å². The molecule has 2 amide bonds. The normalized spacial score (nSPS) is 27.1. The van der Waals surface area contributed by atoms with Gasteiger partial charge < -0.3 is 10.6 Å². The number of nitrogens with two attached hydrogens (primary N) is 1. The topological polar surface area (TPSA) is 46.3 Å². The molecular formula is C8H14N2O. The van der Waals surface area contributed by atoms with E-state index in [4.69, 9.17) is 5.73 Å². The third-order valence-electron chi connectivity index (χ3n) is 3.03. The van der Waals surface area contributed by atoms with Gasteiger partial charge in [-0.25, -0.2) is 4.79 Å². The Labute approximate surface area is 66.5 Å². The van der Waals surface area contributed by atoms with E-state index in [-0.39, 0.29) is 6.03 Å². The zero-order chi connectivity index (χ0) is 7.90. The number of amides is 2. The van der Waals surface area contributed by atoms with E-state index in [0.717, 1.165) is 13.1 Å². The summed E-state index contributed by atoms with van der Waals surface area (Å²) in [5, 5.41) is 0. The van der Waals surface area contributed by atoms with Gasteiger partial charge in [0.05, 0.1) is 0 Å². The SMILES string of the molecule is NC(=O)N1CC2(CCCC2)C1. The third-order valence-corrected chi connectivity index (χ3v) is 3.03. The molecule has 1 aliphatic heterocycles. The molecule has 1 spiro atoms. The molecule has 0 aromatic carbocycles. The number of hydrogen-bond donors (Lipinski definition) is 1. The standard InChI is InChI=1S/C8H14N2O/c9-7(11)10-5-8(6-10)3-1-2-4-8/h1-6H2,(H2,9,11). The Hall–Kier alpha value is -0.730. The summed E-state index contributed by atoms with van der Waals surface area (Å²) in [5.74, 6) is 0. The number of nitrogens with zero attached hydrogens (tertiary/aromatic N) is 1. The van der Waals surface area contributed by atoms with Crippen molar-refractivity contribution in [1.29, 1.82) is 0 Å². The van der Waals surface area contributed by atoms with Crippen LogP contribution in [0.5, 0.6) is 0 Å². The maximum Gasteiger partial charge on any atom is 0.314 e. The molecule has 1 saturated heterocycles. The minimum atomic E-state index is -0.248. The van der Waals surface area contributed by atoms with Crippen LogP contribution >= 0.6 is 0 Å². The molecule has 2 rings (SSSR count). The van der Waals surface area contributed by atoms with E-state index in [9.17, 15) is 4.79 Å². The summed E-state index contributed by atoms with van der Waals surface area (Å²) in [6, 6.07) is -0.248. The van der Waals surface area contributed by atoms with Crippen molar-refractivity contribution in [1.82, 2.24) is 4.90 Å². The highest BCUT2D eigenvalue weighted by atomic mass is 16.2. The van der Waals surface area contributed by atoms with Crippen LogP contribution in [0.2, 0.25) is 0 Å². The molecule has 0 aromatic rings. The van der Waals surface area contributed by atoms with Crippen LogP contribution in [0.1, 0.15) is 25.7 Å². The summed E-state index contributed by atoms with van der Waals surface area (Å²) in [7, 11) is 0. The molecule has 3 heteroatoms. The smallest absolute Gasteiger partial charge is 0.314 e. The van der Waals surface area contributed by atoms with Crippen molar-refractivity contribution in [2.24, 2.45) is 11.1 Å². The fraction of sp³-hybridized carbons (Fsp3) is 0.875. The number of likely N-dealkylation sites (tertiary alicyclic amines) is 1. The van der Waals surface area contributed by atoms with Crippen molar-refractivity contribution >= 4 is 6.03 Å². The van der Waals surface area contributed by atoms with Crippen molar-refractivity contribution in [2.75, 3.05) is 13.1 Å². The molecule has 2 N–H and O–H groups in total. The fourth-order valence-electron chi connectivity index (χ4n) is 2.36. The largest absolute Gasteiger partial charge is 0.351 e. The Morgan fingerprint density at radius 3 is 2.27 bits per heavy atom. The Bertz CT molecular complexity index is 177.